The molecule has 1 aromatic rings. The lowest BCUT2D eigenvalue weighted by Crippen LogP contribution is -2.54. The Morgan fingerprint density at radius 2 is 1.88 bits per heavy atom. The summed E-state index contributed by atoms with van der Waals surface area (Å²) in [6.07, 6.45) is 12.0. The number of nitrogens with two attached hydrogens (primary N) is 2. The normalized spacial score (nSPS) is 25.8. The summed E-state index contributed by atoms with van der Waals surface area (Å²) in [5.74, 6) is 2.07. The second kappa shape index (κ2) is 11.6. The zero-order valence-corrected chi connectivity index (χ0v) is 19.7. The number of pyridine rings is 1. The maximum absolute atomic E-state index is 13.2. The van der Waals surface area contributed by atoms with Crippen LogP contribution in [0.15, 0.2) is 18.3 Å². The van der Waals surface area contributed by atoms with Gasteiger partial charge in [0.1, 0.15) is 11.9 Å². The first kappa shape index (κ1) is 24.5. The SMILES string of the molecule is CCC(C)C(N)C(=O)N[C@@H](CC1CCCC2CCCC[C@@H]21)C(=O)NCc1ccc(N)nc1. The van der Waals surface area contributed by atoms with E-state index in [1.165, 1.54) is 38.5 Å². The molecule has 2 aliphatic carbocycles. The first-order valence-corrected chi connectivity index (χ1v) is 12.4. The van der Waals surface area contributed by atoms with Crippen molar-refractivity contribution in [3.63, 3.8) is 0 Å². The molecule has 2 fully saturated rings. The molecular formula is C25H41N5O2. The molecule has 0 bridgehead atoms. The Morgan fingerprint density at radius 1 is 1.12 bits per heavy atom. The Hall–Kier alpha value is -2.15. The van der Waals surface area contributed by atoms with Gasteiger partial charge in [-0.3, -0.25) is 9.59 Å². The zero-order chi connectivity index (χ0) is 23.1. The second-order valence-corrected chi connectivity index (χ2v) is 9.92. The molecule has 32 heavy (non-hydrogen) atoms. The van der Waals surface area contributed by atoms with Crippen molar-refractivity contribution in [2.75, 3.05) is 5.73 Å². The summed E-state index contributed by atoms with van der Waals surface area (Å²) in [4.78, 5) is 30.1. The third-order valence-electron chi connectivity index (χ3n) is 7.77. The summed E-state index contributed by atoms with van der Waals surface area (Å²) in [5, 5.41) is 6.00. The molecule has 2 aliphatic rings. The third kappa shape index (κ3) is 6.44. The lowest BCUT2D eigenvalue weighted by Gasteiger charge is -2.42. The van der Waals surface area contributed by atoms with Crippen molar-refractivity contribution in [2.45, 2.75) is 90.3 Å². The highest BCUT2D eigenvalue weighted by atomic mass is 16.2. The fourth-order valence-corrected chi connectivity index (χ4v) is 5.53. The van der Waals surface area contributed by atoms with Crippen LogP contribution in [0.4, 0.5) is 5.82 Å². The van der Waals surface area contributed by atoms with E-state index in [9.17, 15) is 9.59 Å². The smallest absolute Gasteiger partial charge is 0.242 e. The summed E-state index contributed by atoms with van der Waals surface area (Å²) in [5.41, 5.74) is 12.7. The van der Waals surface area contributed by atoms with Crippen molar-refractivity contribution in [1.82, 2.24) is 15.6 Å². The van der Waals surface area contributed by atoms with Gasteiger partial charge in [0.15, 0.2) is 0 Å². The van der Waals surface area contributed by atoms with Gasteiger partial charge < -0.3 is 22.1 Å². The van der Waals surface area contributed by atoms with E-state index < -0.39 is 12.1 Å². The number of hydrogen-bond donors (Lipinski definition) is 4. The lowest BCUT2D eigenvalue weighted by molar-refractivity contribution is -0.131. The topological polar surface area (TPSA) is 123 Å². The minimum absolute atomic E-state index is 0.0666. The fraction of sp³-hybridized carbons (Fsp3) is 0.720. The molecular weight excluding hydrogens is 402 g/mol. The summed E-state index contributed by atoms with van der Waals surface area (Å²) in [6.45, 7) is 4.35. The van der Waals surface area contributed by atoms with Crippen LogP contribution in [0.3, 0.4) is 0 Å². The predicted molar refractivity (Wildman–Crippen MR) is 127 cm³/mol. The number of carbonyl (C=O) groups excluding carboxylic acids is 2. The average molecular weight is 444 g/mol. The number of nitrogens with zero attached hydrogens (tertiary/aromatic N) is 1. The number of nitrogen functional groups attached to an aromatic ring is 1. The van der Waals surface area contributed by atoms with Crippen LogP contribution in [0.5, 0.6) is 0 Å². The van der Waals surface area contributed by atoms with Crippen molar-refractivity contribution in [3.05, 3.63) is 23.9 Å². The van der Waals surface area contributed by atoms with E-state index >= 15 is 0 Å². The van der Waals surface area contributed by atoms with Crippen LogP contribution in [-0.4, -0.2) is 28.9 Å². The Morgan fingerprint density at radius 3 is 2.59 bits per heavy atom. The first-order chi connectivity index (χ1) is 15.4. The van der Waals surface area contributed by atoms with Crippen LogP contribution in [-0.2, 0) is 16.1 Å². The zero-order valence-electron chi connectivity index (χ0n) is 19.7. The standard InChI is InChI=1S/C25H41N5O2/c1-3-16(2)23(27)25(32)30-21(24(31)29-15-17-11-12-22(26)28-14-17)13-19-9-6-8-18-7-4-5-10-20(18)19/h11-12,14,16,18-21,23H,3-10,13,15,27H2,1-2H3,(H2,26,28)(H,29,31)(H,30,32)/t16?,18?,19?,20-,21-,23?/m0/s1. The molecule has 6 N–H and O–H groups in total. The van der Waals surface area contributed by atoms with E-state index in [1.54, 1.807) is 12.3 Å². The monoisotopic (exact) mass is 443 g/mol. The molecule has 6 atom stereocenters. The van der Waals surface area contributed by atoms with E-state index in [0.29, 0.717) is 30.6 Å². The van der Waals surface area contributed by atoms with Crippen LogP contribution >= 0.6 is 0 Å². The summed E-state index contributed by atoms with van der Waals surface area (Å²) < 4.78 is 0. The molecule has 3 rings (SSSR count). The van der Waals surface area contributed by atoms with Crippen molar-refractivity contribution in [3.8, 4) is 0 Å². The molecule has 7 nitrogen and oxygen atoms in total. The quantitative estimate of drug-likeness (QED) is 0.467. The molecule has 4 unspecified atom stereocenters. The third-order valence-corrected chi connectivity index (χ3v) is 7.77. The van der Waals surface area contributed by atoms with Gasteiger partial charge in [-0.15, -0.1) is 0 Å². The van der Waals surface area contributed by atoms with Crippen molar-refractivity contribution in [2.24, 2.45) is 29.4 Å². The van der Waals surface area contributed by atoms with E-state index in [0.717, 1.165) is 24.3 Å². The van der Waals surface area contributed by atoms with Crippen molar-refractivity contribution >= 4 is 17.6 Å². The number of rotatable bonds is 9. The van der Waals surface area contributed by atoms with Crippen LogP contribution < -0.4 is 22.1 Å². The minimum atomic E-state index is -0.606. The molecule has 1 aromatic heterocycles. The van der Waals surface area contributed by atoms with E-state index in [2.05, 4.69) is 15.6 Å². The molecule has 0 aliphatic heterocycles. The summed E-state index contributed by atoms with van der Waals surface area (Å²) >= 11 is 0. The summed E-state index contributed by atoms with van der Waals surface area (Å²) in [7, 11) is 0. The van der Waals surface area contributed by atoms with Crippen molar-refractivity contribution in [1.29, 1.82) is 0 Å². The molecule has 178 valence electrons. The molecule has 2 amide bonds. The van der Waals surface area contributed by atoms with Gasteiger partial charge in [-0.1, -0.05) is 64.9 Å². The van der Waals surface area contributed by atoms with Crippen LogP contribution in [0.2, 0.25) is 0 Å². The van der Waals surface area contributed by atoms with E-state index in [-0.39, 0.29) is 17.7 Å². The number of aromatic nitrogens is 1. The van der Waals surface area contributed by atoms with Gasteiger partial charge in [0.2, 0.25) is 11.8 Å². The molecule has 0 spiro atoms. The van der Waals surface area contributed by atoms with Gasteiger partial charge in [-0.25, -0.2) is 4.98 Å². The number of nitrogens with one attached hydrogen (secondary N) is 2. The highest BCUT2D eigenvalue weighted by Crippen LogP contribution is 2.45. The first-order valence-electron chi connectivity index (χ1n) is 12.4. The van der Waals surface area contributed by atoms with Gasteiger partial charge in [0.25, 0.3) is 0 Å². The maximum Gasteiger partial charge on any atom is 0.242 e. The number of anilines is 1. The number of carbonyl (C=O) groups is 2. The van der Waals surface area contributed by atoms with Gasteiger partial charge in [0.05, 0.1) is 6.04 Å². The lowest BCUT2D eigenvalue weighted by atomic mass is 9.64. The van der Waals surface area contributed by atoms with Crippen LogP contribution in [0.1, 0.15) is 77.2 Å². The second-order valence-electron chi connectivity index (χ2n) is 9.92. The van der Waals surface area contributed by atoms with Gasteiger partial charge in [-0.05, 0) is 48.1 Å². The molecule has 1 heterocycles. The highest BCUT2D eigenvalue weighted by Gasteiger charge is 2.37. The number of amides is 2. The number of hydrogen-bond acceptors (Lipinski definition) is 5. The van der Waals surface area contributed by atoms with Crippen molar-refractivity contribution < 1.29 is 9.59 Å². The minimum Gasteiger partial charge on any atom is -0.384 e. The van der Waals surface area contributed by atoms with Gasteiger partial charge in [-0.2, -0.15) is 0 Å². The van der Waals surface area contributed by atoms with E-state index in [4.69, 9.17) is 11.5 Å². The predicted octanol–water partition coefficient (Wildman–Crippen LogP) is 3.13. The Kier molecular flexibility index (Phi) is 8.91. The van der Waals surface area contributed by atoms with E-state index in [1.807, 2.05) is 19.9 Å². The Bertz CT molecular complexity index is 751. The Labute approximate surface area is 192 Å². The number of fused-ring (bicyclic) bond motifs is 1. The van der Waals surface area contributed by atoms with Gasteiger partial charge in [0, 0.05) is 12.7 Å². The molecule has 0 saturated heterocycles. The van der Waals surface area contributed by atoms with Crippen LogP contribution in [0.25, 0.3) is 0 Å². The summed E-state index contributed by atoms with van der Waals surface area (Å²) in [6, 6.07) is 2.40. The molecule has 2 saturated carbocycles. The molecule has 0 aromatic carbocycles. The molecule has 0 radical (unpaired) electrons. The Balaban J connectivity index is 1.68. The largest absolute Gasteiger partial charge is 0.384 e. The highest BCUT2D eigenvalue weighted by molar-refractivity contribution is 5.89. The maximum atomic E-state index is 13.2. The fourth-order valence-electron chi connectivity index (χ4n) is 5.53. The van der Waals surface area contributed by atoms with Crippen LogP contribution in [0, 0.1) is 23.7 Å². The molecule has 7 heteroatoms. The van der Waals surface area contributed by atoms with Gasteiger partial charge >= 0.3 is 0 Å². The average Bonchev–Trinajstić information content (AvgIpc) is 2.82.